The molecule has 0 unspecified atom stereocenters. The number of thiophene rings is 1. The predicted octanol–water partition coefficient (Wildman–Crippen LogP) is 2.12. The van der Waals surface area contributed by atoms with Crippen LogP contribution in [0.25, 0.3) is 21.8 Å². The van der Waals surface area contributed by atoms with Crippen LogP contribution in [0.3, 0.4) is 0 Å². The fraction of sp³-hybridized carbons (Fsp3) is 0.0909. The lowest BCUT2D eigenvalue weighted by Crippen LogP contribution is -1.89. The zero-order chi connectivity index (χ0) is 11.8. The van der Waals surface area contributed by atoms with Crippen LogP contribution in [-0.4, -0.2) is 20.0 Å². The molecule has 0 aliphatic heterocycles. The molecule has 3 aromatic rings. The number of H-pyrrole nitrogens is 1. The first kappa shape index (κ1) is 10.1. The Morgan fingerprint density at radius 1 is 1.41 bits per heavy atom. The van der Waals surface area contributed by atoms with Crippen molar-refractivity contribution in [3.8, 4) is 21.8 Å². The van der Waals surface area contributed by atoms with Gasteiger partial charge in [0.1, 0.15) is 5.69 Å². The number of hydrogen-bond donors (Lipinski definition) is 2. The lowest BCUT2D eigenvalue weighted by atomic mass is 10.1. The SMILES string of the molecule is Cn1ccc(-c2[nH]nc(N)c2-c2cccs2)n1. The second kappa shape index (κ2) is 3.74. The van der Waals surface area contributed by atoms with Gasteiger partial charge in [0.05, 0.1) is 11.3 Å². The maximum atomic E-state index is 5.91. The first-order valence-corrected chi connectivity index (χ1v) is 6.01. The van der Waals surface area contributed by atoms with Crippen molar-refractivity contribution in [3.05, 3.63) is 29.8 Å². The van der Waals surface area contributed by atoms with Gasteiger partial charge in [0.25, 0.3) is 0 Å². The molecule has 0 aromatic carbocycles. The van der Waals surface area contributed by atoms with Crippen LogP contribution in [0.4, 0.5) is 5.82 Å². The van der Waals surface area contributed by atoms with E-state index in [-0.39, 0.29) is 0 Å². The van der Waals surface area contributed by atoms with E-state index in [2.05, 4.69) is 15.3 Å². The van der Waals surface area contributed by atoms with E-state index >= 15 is 0 Å². The summed E-state index contributed by atoms with van der Waals surface area (Å²) in [5, 5.41) is 13.4. The lowest BCUT2D eigenvalue weighted by molar-refractivity contribution is 0.770. The quantitative estimate of drug-likeness (QED) is 0.726. The molecule has 0 spiro atoms. The Hall–Kier alpha value is -2.08. The molecule has 0 fully saturated rings. The second-order valence-electron chi connectivity index (χ2n) is 3.71. The number of hydrogen-bond acceptors (Lipinski definition) is 4. The zero-order valence-electron chi connectivity index (χ0n) is 9.21. The average molecular weight is 245 g/mol. The predicted molar refractivity (Wildman–Crippen MR) is 68.5 cm³/mol. The van der Waals surface area contributed by atoms with Crippen molar-refractivity contribution in [1.82, 2.24) is 20.0 Å². The van der Waals surface area contributed by atoms with Crippen LogP contribution in [0.5, 0.6) is 0 Å². The molecular formula is C11H11N5S. The van der Waals surface area contributed by atoms with E-state index in [9.17, 15) is 0 Å². The minimum absolute atomic E-state index is 0.508. The summed E-state index contributed by atoms with van der Waals surface area (Å²) >= 11 is 1.64. The number of aromatic amines is 1. The molecule has 0 aliphatic carbocycles. The van der Waals surface area contributed by atoms with Crippen LogP contribution >= 0.6 is 11.3 Å². The molecule has 86 valence electrons. The van der Waals surface area contributed by atoms with Crippen molar-refractivity contribution < 1.29 is 0 Å². The number of nitrogens with two attached hydrogens (primary N) is 1. The van der Waals surface area contributed by atoms with Crippen molar-refractivity contribution in [3.63, 3.8) is 0 Å². The zero-order valence-corrected chi connectivity index (χ0v) is 10.0. The molecule has 3 aromatic heterocycles. The number of rotatable bonds is 2. The summed E-state index contributed by atoms with van der Waals surface area (Å²) in [4.78, 5) is 1.09. The van der Waals surface area contributed by atoms with Gasteiger partial charge in [0.15, 0.2) is 5.82 Å². The first-order chi connectivity index (χ1) is 8.25. The van der Waals surface area contributed by atoms with E-state index in [0.29, 0.717) is 5.82 Å². The summed E-state index contributed by atoms with van der Waals surface area (Å²) in [5.41, 5.74) is 8.55. The Kier molecular flexibility index (Phi) is 2.22. The minimum atomic E-state index is 0.508. The van der Waals surface area contributed by atoms with Gasteiger partial charge in [0.2, 0.25) is 0 Å². The molecule has 6 heteroatoms. The number of nitrogen functional groups attached to an aromatic ring is 1. The Balaban J connectivity index is 2.19. The molecule has 17 heavy (non-hydrogen) atoms. The van der Waals surface area contributed by atoms with Crippen molar-refractivity contribution in [2.75, 3.05) is 5.73 Å². The topological polar surface area (TPSA) is 72.5 Å². The van der Waals surface area contributed by atoms with Crippen LogP contribution in [-0.2, 0) is 7.05 Å². The van der Waals surface area contributed by atoms with Gasteiger partial charge in [-0.1, -0.05) is 6.07 Å². The fourth-order valence-electron chi connectivity index (χ4n) is 1.76. The third-order valence-corrected chi connectivity index (χ3v) is 3.42. The Morgan fingerprint density at radius 2 is 2.29 bits per heavy atom. The van der Waals surface area contributed by atoms with E-state index in [1.807, 2.05) is 36.8 Å². The van der Waals surface area contributed by atoms with Gasteiger partial charge >= 0.3 is 0 Å². The molecule has 0 bridgehead atoms. The molecule has 3 rings (SSSR count). The summed E-state index contributed by atoms with van der Waals surface area (Å²) in [6.07, 6.45) is 1.89. The lowest BCUT2D eigenvalue weighted by Gasteiger charge is -1.98. The molecule has 3 heterocycles. The third-order valence-electron chi connectivity index (χ3n) is 2.53. The smallest absolute Gasteiger partial charge is 0.154 e. The molecule has 0 saturated carbocycles. The van der Waals surface area contributed by atoms with Crippen LogP contribution in [0.2, 0.25) is 0 Å². The largest absolute Gasteiger partial charge is 0.382 e. The monoisotopic (exact) mass is 245 g/mol. The van der Waals surface area contributed by atoms with E-state index in [4.69, 9.17) is 5.73 Å². The van der Waals surface area contributed by atoms with Crippen molar-refractivity contribution in [1.29, 1.82) is 0 Å². The van der Waals surface area contributed by atoms with Gasteiger partial charge in [-0.3, -0.25) is 9.78 Å². The van der Waals surface area contributed by atoms with Gasteiger partial charge in [-0.2, -0.15) is 10.2 Å². The van der Waals surface area contributed by atoms with Crippen molar-refractivity contribution in [2.24, 2.45) is 7.05 Å². The van der Waals surface area contributed by atoms with Gasteiger partial charge in [0, 0.05) is 18.1 Å². The number of nitrogens with one attached hydrogen (secondary N) is 1. The molecule has 3 N–H and O–H groups in total. The van der Waals surface area contributed by atoms with E-state index < -0.39 is 0 Å². The number of aryl methyl sites for hydroxylation is 1. The molecule has 5 nitrogen and oxygen atoms in total. The Morgan fingerprint density at radius 3 is 2.94 bits per heavy atom. The van der Waals surface area contributed by atoms with Gasteiger partial charge in [-0.05, 0) is 17.5 Å². The molecule has 0 radical (unpaired) electrons. The maximum Gasteiger partial charge on any atom is 0.154 e. The van der Waals surface area contributed by atoms with Crippen molar-refractivity contribution in [2.45, 2.75) is 0 Å². The first-order valence-electron chi connectivity index (χ1n) is 5.13. The van der Waals surface area contributed by atoms with E-state index in [0.717, 1.165) is 21.8 Å². The summed E-state index contributed by atoms with van der Waals surface area (Å²) in [5.74, 6) is 0.508. The van der Waals surface area contributed by atoms with Gasteiger partial charge in [-0.25, -0.2) is 0 Å². The van der Waals surface area contributed by atoms with Crippen LogP contribution < -0.4 is 5.73 Å². The summed E-state index contributed by atoms with van der Waals surface area (Å²) in [6, 6.07) is 5.96. The highest BCUT2D eigenvalue weighted by Gasteiger charge is 2.16. The fourth-order valence-corrected chi connectivity index (χ4v) is 2.55. The summed E-state index contributed by atoms with van der Waals surface area (Å²) in [7, 11) is 1.88. The molecule has 0 atom stereocenters. The Bertz CT molecular complexity index is 635. The Labute approximate surface area is 102 Å². The standard InChI is InChI=1S/C11H11N5S/c1-16-5-4-7(15-16)10-9(11(12)14-13-10)8-3-2-6-17-8/h2-6H,1H3,(H3,12,13,14). The number of aromatic nitrogens is 4. The third kappa shape index (κ3) is 1.62. The van der Waals surface area contributed by atoms with E-state index in [1.165, 1.54) is 0 Å². The molecule has 0 aliphatic rings. The minimum Gasteiger partial charge on any atom is -0.382 e. The summed E-state index contributed by atoms with van der Waals surface area (Å²) in [6.45, 7) is 0. The highest BCUT2D eigenvalue weighted by Crippen LogP contribution is 2.36. The normalized spacial score (nSPS) is 10.9. The highest BCUT2D eigenvalue weighted by molar-refractivity contribution is 7.13. The van der Waals surface area contributed by atoms with Crippen LogP contribution in [0.1, 0.15) is 0 Å². The second-order valence-corrected chi connectivity index (χ2v) is 4.66. The maximum absolute atomic E-state index is 5.91. The number of anilines is 1. The molecular weight excluding hydrogens is 234 g/mol. The average Bonchev–Trinajstić information content (AvgIpc) is 2.97. The molecule has 0 saturated heterocycles. The van der Waals surface area contributed by atoms with Crippen LogP contribution in [0.15, 0.2) is 29.8 Å². The highest BCUT2D eigenvalue weighted by atomic mass is 32.1. The number of nitrogens with zero attached hydrogens (tertiary/aromatic N) is 3. The molecule has 0 amide bonds. The van der Waals surface area contributed by atoms with Gasteiger partial charge < -0.3 is 5.73 Å². The van der Waals surface area contributed by atoms with Gasteiger partial charge in [-0.15, -0.1) is 11.3 Å². The van der Waals surface area contributed by atoms with Crippen molar-refractivity contribution >= 4 is 17.2 Å². The summed E-state index contributed by atoms with van der Waals surface area (Å²) < 4.78 is 1.75. The van der Waals surface area contributed by atoms with E-state index in [1.54, 1.807) is 16.0 Å². The van der Waals surface area contributed by atoms with Crippen LogP contribution in [0, 0.1) is 0 Å².